The number of nitrogens with zero attached hydrogens (tertiary/aromatic N) is 4. The van der Waals surface area contributed by atoms with Gasteiger partial charge in [-0.25, -0.2) is 0 Å². The SMILES string of the molecule is C[C@H]1C[C@@H]1c1ccc(CN(C)C(=O)CCc2nc(-c3cccnc3)no2)o1. The van der Waals surface area contributed by atoms with E-state index in [4.69, 9.17) is 8.94 Å². The molecule has 4 rings (SSSR count). The summed E-state index contributed by atoms with van der Waals surface area (Å²) < 4.78 is 11.1. The third-order valence-corrected chi connectivity index (χ3v) is 4.92. The summed E-state index contributed by atoms with van der Waals surface area (Å²) in [6.07, 6.45) is 5.25. The van der Waals surface area contributed by atoms with Crippen molar-refractivity contribution < 1.29 is 13.7 Å². The number of amides is 1. The molecule has 0 aliphatic heterocycles. The van der Waals surface area contributed by atoms with Gasteiger partial charge in [-0.2, -0.15) is 4.98 Å². The fraction of sp³-hybridized carbons (Fsp3) is 0.400. The van der Waals surface area contributed by atoms with E-state index in [1.165, 1.54) is 6.42 Å². The lowest BCUT2D eigenvalue weighted by Gasteiger charge is -2.15. The molecule has 27 heavy (non-hydrogen) atoms. The van der Waals surface area contributed by atoms with Gasteiger partial charge in [0.1, 0.15) is 11.5 Å². The van der Waals surface area contributed by atoms with Gasteiger partial charge in [-0.05, 0) is 36.6 Å². The number of hydrogen-bond donors (Lipinski definition) is 0. The van der Waals surface area contributed by atoms with Gasteiger partial charge in [0.05, 0.1) is 6.54 Å². The molecule has 1 aliphatic rings. The Morgan fingerprint density at radius 1 is 1.33 bits per heavy atom. The van der Waals surface area contributed by atoms with Crippen LogP contribution in [-0.4, -0.2) is 33.0 Å². The van der Waals surface area contributed by atoms with Gasteiger partial charge in [0.15, 0.2) is 0 Å². The van der Waals surface area contributed by atoms with Crippen molar-refractivity contribution in [1.82, 2.24) is 20.0 Å². The summed E-state index contributed by atoms with van der Waals surface area (Å²) in [4.78, 5) is 22.4. The molecule has 0 spiro atoms. The number of rotatable bonds is 7. The van der Waals surface area contributed by atoms with Gasteiger partial charge in [-0.15, -0.1) is 0 Å². The third kappa shape index (κ3) is 4.07. The summed E-state index contributed by atoms with van der Waals surface area (Å²) in [6, 6.07) is 7.66. The van der Waals surface area contributed by atoms with Crippen LogP contribution in [0.5, 0.6) is 0 Å². The predicted octanol–water partition coefficient (Wildman–Crippen LogP) is 3.44. The number of carbonyl (C=O) groups excluding carboxylic acids is 1. The molecule has 140 valence electrons. The maximum atomic E-state index is 12.4. The van der Waals surface area contributed by atoms with Crippen molar-refractivity contribution in [2.24, 2.45) is 5.92 Å². The van der Waals surface area contributed by atoms with Crippen molar-refractivity contribution in [2.75, 3.05) is 7.05 Å². The fourth-order valence-electron chi connectivity index (χ4n) is 3.09. The van der Waals surface area contributed by atoms with Crippen molar-refractivity contribution in [3.8, 4) is 11.4 Å². The van der Waals surface area contributed by atoms with Crippen LogP contribution in [0.1, 0.15) is 43.1 Å². The van der Waals surface area contributed by atoms with Crippen LogP contribution in [0.25, 0.3) is 11.4 Å². The van der Waals surface area contributed by atoms with Crippen LogP contribution in [0.2, 0.25) is 0 Å². The first-order valence-electron chi connectivity index (χ1n) is 9.15. The third-order valence-electron chi connectivity index (χ3n) is 4.92. The van der Waals surface area contributed by atoms with Crippen molar-refractivity contribution >= 4 is 5.91 Å². The zero-order valence-corrected chi connectivity index (χ0v) is 15.5. The van der Waals surface area contributed by atoms with Crippen molar-refractivity contribution in [3.05, 3.63) is 54.1 Å². The monoisotopic (exact) mass is 366 g/mol. The quantitative estimate of drug-likeness (QED) is 0.637. The molecule has 0 radical (unpaired) electrons. The highest BCUT2D eigenvalue weighted by Crippen LogP contribution is 2.47. The lowest BCUT2D eigenvalue weighted by Crippen LogP contribution is -2.26. The number of aryl methyl sites for hydroxylation is 1. The van der Waals surface area contributed by atoms with Crippen LogP contribution in [0.4, 0.5) is 0 Å². The van der Waals surface area contributed by atoms with Gasteiger partial charge in [0.25, 0.3) is 0 Å². The molecule has 1 saturated carbocycles. The van der Waals surface area contributed by atoms with E-state index < -0.39 is 0 Å². The Kier molecular flexibility index (Phi) is 4.75. The molecule has 3 aromatic rings. The van der Waals surface area contributed by atoms with E-state index in [2.05, 4.69) is 22.0 Å². The largest absolute Gasteiger partial charge is 0.464 e. The summed E-state index contributed by atoms with van der Waals surface area (Å²) in [5, 5.41) is 3.94. The van der Waals surface area contributed by atoms with Crippen LogP contribution in [0.3, 0.4) is 0 Å². The van der Waals surface area contributed by atoms with E-state index in [0.29, 0.717) is 42.9 Å². The Labute approximate surface area is 157 Å². The minimum absolute atomic E-state index is 0.00821. The first-order valence-corrected chi connectivity index (χ1v) is 9.15. The minimum Gasteiger partial charge on any atom is -0.464 e. The van der Waals surface area contributed by atoms with Gasteiger partial charge in [0, 0.05) is 43.8 Å². The van der Waals surface area contributed by atoms with E-state index in [0.717, 1.165) is 17.1 Å². The molecule has 0 saturated heterocycles. The first-order chi connectivity index (χ1) is 13.1. The van der Waals surface area contributed by atoms with Crippen molar-refractivity contribution in [1.29, 1.82) is 0 Å². The van der Waals surface area contributed by atoms with Crippen LogP contribution in [0, 0.1) is 5.92 Å². The number of carbonyl (C=O) groups is 1. The maximum absolute atomic E-state index is 12.4. The molecule has 1 aliphatic carbocycles. The summed E-state index contributed by atoms with van der Waals surface area (Å²) in [6.45, 7) is 2.68. The van der Waals surface area contributed by atoms with Gasteiger partial charge in [-0.3, -0.25) is 9.78 Å². The van der Waals surface area contributed by atoms with Gasteiger partial charge in [0.2, 0.25) is 17.6 Å². The van der Waals surface area contributed by atoms with E-state index in [9.17, 15) is 4.79 Å². The molecule has 0 bridgehead atoms. The number of aromatic nitrogens is 3. The molecule has 0 aromatic carbocycles. The molecule has 0 unspecified atom stereocenters. The smallest absolute Gasteiger partial charge is 0.227 e. The minimum atomic E-state index is 0.00821. The molecule has 7 nitrogen and oxygen atoms in total. The average molecular weight is 366 g/mol. The van der Waals surface area contributed by atoms with Crippen LogP contribution < -0.4 is 0 Å². The van der Waals surface area contributed by atoms with E-state index in [1.807, 2.05) is 24.3 Å². The van der Waals surface area contributed by atoms with E-state index in [1.54, 1.807) is 24.3 Å². The average Bonchev–Trinajstić information content (AvgIpc) is 3.08. The normalized spacial score (nSPS) is 18.4. The zero-order valence-electron chi connectivity index (χ0n) is 15.5. The Hall–Kier alpha value is -2.96. The molecule has 3 aromatic heterocycles. The molecule has 1 amide bonds. The summed E-state index contributed by atoms with van der Waals surface area (Å²) in [7, 11) is 1.78. The van der Waals surface area contributed by atoms with Gasteiger partial charge < -0.3 is 13.8 Å². The molecular weight excluding hydrogens is 344 g/mol. The highest BCUT2D eigenvalue weighted by atomic mass is 16.5. The highest BCUT2D eigenvalue weighted by molar-refractivity contribution is 5.76. The summed E-state index contributed by atoms with van der Waals surface area (Å²) >= 11 is 0. The van der Waals surface area contributed by atoms with Crippen LogP contribution in [-0.2, 0) is 17.8 Å². The van der Waals surface area contributed by atoms with Crippen molar-refractivity contribution in [3.63, 3.8) is 0 Å². The standard InChI is InChI=1S/C20H22N4O3/c1-13-10-16(13)17-6-5-15(26-17)12-24(2)19(25)8-7-18-22-20(23-27-18)14-4-3-9-21-11-14/h3-6,9,11,13,16H,7-8,10,12H2,1-2H3/t13-,16-/m0/s1. The van der Waals surface area contributed by atoms with Gasteiger partial charge in [-0.1, -0.05) is 12.1 Å². The van der Waals surface area contributed by atoms with Crippen LogP contribution in [0.15, 0.2) is 45.6 Å². The number of hydrogen-bond acceptors (Lipinski definition) is 6. The first kappa shape index (κ1) is 17.5. The molecule has 2 atom stereocenters. The zero-order chi connectivity index (χ0) is 18.8. The molecule has 0 N–H and O–H groups in total. The number of furan rings is 1. The van der Waals surface area contributed by atoms with E-state index in [-0.39, 0.29) is 5.91 Å². The lowest BCUT2D eigenvalue weighted by molar-refractivity contribution is -0.130. The topological polar surface area (TPSA) is 85.3 Å². The Morgan fingerprint density at radius 2 is 2.19 bits per heavy atom. The second kappa shape index (κ2) is 7.34. The van der Waals surface area contributed by atoms with Gasteiger partial charge >= 0.3 is 0 Å². The molecule has 7 heteroatoms. The lowest BCUT2D eigenvalue weighted by atomic mass is 10.2. The van der Waals surface area contributed by atoms with Crippen molar-refractivity contribution in [2.45, 2.75) is 38.6 Å². The van der Waals surface area contributed by atoms with Crippen LogP contribution >= 0.6 is 0 Å². The second-order valence-electron chi connectivity index (χ2n) is 7.13. The Balaban J connectivity index is 1.29. The second-order valence-corrected chi connectivity index (χ2v) is 7.13. The molecule has 3 heterocycles. The fourth-order valence-corrected chi connectivity index (χ4v) is 3.09. The summed E-state index contributed by atoms with van der Waals surface area (Å²) in [5.74, 6) is 4.04. The molecular formula is C20H22N4O3. The predicted molar refractivity (Wildman–Crippen MR) is 97.6 cm³/mol. The maximum Gasteiger partial charge on any atom is 0.227 e. The summed E-state index contributed by atoms with van der Waals surface area (Å²) in [5.41, 5.74) is 0.787. The highest BCUT2D eigenvalue weighted by Gasteiger charge is 2.36. The Bertz CT molecular complexity index is 918. The molecule has 1 fully saturated rings. The van der Waals surface area contributed by atoms with E-state index >= 15 is 0 Å². The number of pyridine rings is 1. The Morgan fingerprint density at radius 3 is 2.93 bits per heavy atom.